The smallest absolute Gasteiger partial charge is 0.166 e. The molecule has 0 saturated heterocycles. The van der Waals surface area contributed by atoms with E-state index in [1.54, 1.807) is 4.68 Å². The number of aromatic nitrogens is 4. The van der Waals surface area contributed by atoms with Crippen molar-refractivity contribution in [2.24, 2.45) is 0 Å². The third-order valence-electron chi connectivity index (χ3n) is 2.38. The van der Waals surface area contributed by atoms with Gasteiger partial charge in [0.1, 0.15) is 0 Å². The summed E-state index contributed by atoms with van der Waals surface area (Å²) in [5.41, 5.74) is 1.05. The molecule has 84 valence electrons. The minimum Gasteiger partial charge on any atom is -0.221 e. The van der Waals surface area contributed by atoms with Gasteiger partial charge in [-0.05, 0) is 35.0 Å². The first-order valence-corrected chi connectivity index (χ1v) is 5.72. The number of hydrogen-bond donors (Lipinski definition) is 0. The maximum atomic E-state index is 5.94. The van der Waals surface area contributed by atoms with Crippen molar-refractivity contribution >= 4 is 23.2 Å². The average molecular weight is 257 g/mol. The summed E-state index contributed by atoms with van der Waals surface area (Å²) in [6, 6.07) is 7.63. The predicted octanol–water partition coefficient (Wildman–Crippen LogP) is 2.67. The van der Waals surface area contributed by atoms with Gasteiger partial charge in [-0.1, -0.05) is 23.7 Å². The van der Waals surface area contributed by atoms with Gasteiger partial charge >= 0.3 is 0 Å². The number of halogens is 2. The molecule has 6 heteroatoms. The SMILES string of the molecule is CC(c1cccc(Cl)c1)n1nnnc1CCl. The number of tetrazole rings is 1. The fourth-order valence-electron chi connectivity index (χ4n) is 1.51. The Balaban J connectivity index is 2.35. The molecular weight excluding hydrogens is 247 g/mol. The third-order valence-corrected chi connectivity index (χ3v) is 2.85. The number of nitrogens with zero attached hydrogens (tertiary/aromatic N) is 4. The molecule has 0 aliphatic carbocycles. The lowest BCUT2D eigenvalue weighted by Gasteiger charge is -2.13. The van der Waals surface area contributed by atoms with Crippen LogP contribution >= 0.6 is 23.2 Å². The van der Waals surface area contributed by atoms with Gasteiger partial charge < -0.3 is 0 Å². The Morgan fingerprint density at radius 3 is 2.94 bits per heavy atom. The molecule has 0 amide bonds. The second-order valence-corrected chi connectivity index (χ2v) is 4.11. The lowest BCUT2D eigenvalue weighted by atomic mass is 10.1. The maximum absolute atomic E-state index is 5.94. The summed E-state index contributed by atoms with van der Waals surface area (Å²) in [6.45, 7) is 2.00. The molecule has 2 aromatic rings. The molecule has 0 spiro atoms. The lowest BCUT2D eigenvalue weighted by Crippen LogP contribution is -2.11. The van der Waals surface area contributed by atoms with Gasteiger partial charge in [0.05, 0.1) is 11.9 Å². The van der Waals surface area contributed by atoms with E-state index in [1.807, 2.05) is 31.2 Å². The Morgan fingerprint density at radius 1 is 1.44 bits per heavy atom. The Morgan fingerprint density at radius 2 is 2.25 bits per heavy atom. The summed E-state index contributed by atoms with van der Waals surface area (Å²) in [5.74, 6) is 0.937. The first-order valence-electron chi connectivity index (χ1n) is 4.80. The van der Waals surface area contributed by atoms with E-state index in [4.69, 9.17) is 23.2 Å². The summed E-state index contributed by atoms with van der Waals surface area (Å²) in [7, 11) is 0. The zero-order chi connectivity index (χ0) is 11.5. The van der Waals surface area contributed by atoms with Crippen LogP contribution in [0, 0.1) is 0 Å². The molecule has 0 bridgehead atoms. The standard InChI is InChI=1S/C10H10Cl2N4/c1-7(8-3-2-4-9(12)5-8)16-10(6-11)13-14-15-16/h2-5,7H,6H2,1H3. The highest BCUT2D eigenvalue weighted by atomic mass is 35.5. The lowest BCUT2D eigenvalue weighted by molar-refractivity contribution is 0.529. The highest BCUT2D eigenvalue weighted by molar-refractivity contribution is 6.30. The molecule has 16 heavy (non-hydrogen) atoms. The van der Waals surface area contributed by atoms with Crippen LogP contribution in [0.4, 0.5) is 0 Å². The summed E-state index contributed by atoms with van der Waals surface area (Å²) < 4.78 is 1.69. The van der Waals surface area contributed by atoms with Crippen LogP contribution in [0.1, 0.15) is 24.4 Å². The largest absolute Gasteiger partial charge is 0.221 e. The molecule has 1 heterocycles. The molecule has 0 fully saturated rings. The van der Waals surface area contributed by atoms with Crippen LogP contribution in [-0.4, -0.2) is 20.2 Å². The highest BCUT2D eigenvalue weighted by Crippen LogP contribution is 2.21. The monoisotopic (exact) mass is 256 g/mol. The van der Waals surface area contributed by atoms with E-state index in [1.165, 1.54) is 0 Å². The number of hydrogen-bond acceptors (Lipinski definition) is 3. The van der Waals surface area contributed by atoms with Crippen LogP contribution in [0.2, 0.25) is 5.02 Å². The Labute approximate surface area is 103 Å². The summed E-state index contributed by atoms with van der Waals surface area (Å²) >= 11 is 11.7. The molecule has 1 aromatic carbocycles. The number of benzene rings is 1. The van der Waals surface area contributed by atoms with Crippen molar-refractivity contribution < 1.29 is 0 Å². The maximum Gasteiger partial charge on any atom is 0.166 e. The molecule has 0 radical (unpaired) electrons. The van der Waals surface area contributed by atoms with E-state index in [9.17, 15) is 0 Å². The van der Waals surface area contributed by atoms with Gasteiger partial charge in [0.25, 0.3) is 0 Å². The minimum atomic E-state index is 0.0162. The van der Waals surface area contributed by atoms with E-state index in [-0.39, 0.29) is 11.9 Å². The number of alkyl halides is 1. The van der Waals surface area contributed by atoms with Crippen molar-refractivity contribution in [1.82, 2.24) is 20.2 Å². The zero-order valence-electron chi connectivity index (χ0n) is 8.64. The van der Waals surface area contributed by atoms with E-state index in [0.717, 1.165) is 5.56 Å². The van der Waals surface area contributed by atoms with Crippen molar-refractivity contribution in [2.75, 3.05) is 0 Å². The minimum absolute atomic E-state index is 0.0162. The average Bonchev–Trinajstić information content (AvgIpc) is 2.76. The van der Waals surface area contributed by atoms with Crippen molar-refractivity contribution in [3.05, 3.63) is 40.7 Å². The van der Waals surface area contributed by atoms with Gasteiger partial charge in [-0.15, -0.1) is 16.7 Å². The molecule has 1 atom stereocenters. The molecule has 1 aromatic heterocycles. The van der Waals surface area contributed by atoms with Gasteiger partial charge in [0.15, 0.2) is 5.82 Å². The third kappa shape index (κ3) is 2.18. The molecule has 0 aliphatic heterocycles. The highest BCUT2D eigenvalue weighted by Gasteiger charge is 2.14. The zero-order valence-corrected chi connectivity index (χ0v) is 10.2. The fraction of sp³-hybridized carbons (Fsp3) is 0.300. The van der Waals surface area contributed by atoms with Crippen LogP contribution in [0.25, 0.3) is 0 Å². The van der Waals surface area contributed by atoms with Crippen LogP contribution in [0.5, 0.6) is 0 Å². The normalized spacial score (nSPS) is 12.7. The molecule has 0 N–H and O–H groups in total. The Kier molecular flexibility index (Phi) is 3.41. The molecule has 1 unspecified atom stereocenters. The van der Waals surface area contributed by atoms with Crippen molar-refractivity contribution in [1.29, 1.82) is 0 Å². The van der Waals surface area contributed by atoms with Crippen LogP contribution in [-0.2, 0) is 5.88 Å². The first-order chi connectivity index (χ1) is 7.72. The first kappa shape index (κ1) is 11.4. The molecule has 4 nitrogen and oxygen atoms in total. The Hall–Kier alpha value is -1.13. The molecule has 2 rings (SSSR count). The van der Waals surface area contributed by atoms with Gasteiger partial charge in [0.2, 0.25) is 0 Å². The van der Waals surface area contributed by atoms with Gasteiger partial charge in [-0.3, -0.25) is 0 Å². The topological polar surface area (TPSA) is 43.6 Å². The van der Waals surface area contributed by atoms with E-state index >= 15 is 0 Å². The molecule has 0 aliphatic rings. The summed E-state index contributed by atoms with van der Waals surface area (Å²) in [6.07, 6.45) is 0. The molecule has 0 saturated carbocycles. The summed E-state index contributed by atoms with van der Waals surface area (Å²) in [5, 5.41) is 12.1. The van der Waals surface area contributed by atoms with Crippen LogP contribution < -0.4 is 0 Å². The van der Waals surface area contributed by atoms with E-state index < -0.39 is 0 Å². The second-order valence-electron chi connectivity index (χ2n) is 3.40. The molecular formula is C10H10Cl2N4. The quantitative estimate of drug-likeness (QED) is 0.794. The van der Waals surface area contributed by atoms with E-state index in [2.05, 4.69) is 15.5 Å². The van der Waals surface area contributed by atoms with Crippen molar-refractivity contribution in [3.8, 4) is 0 Å². The van der Waals surface area contributed by atoms with Gasteiger partial charge in [-0.2, -0.15) is 0 Å². The predicted molar refractivity (Wildman–Crippen MR) is 62.6 cm³/mol. The van der Waals surface area contributed by atoms with Crippen LogP contribution in [0.15, 0.2) is 24.3 Å². The van der Waals surface area contributed by atoms with Crippen molar-refractivity contribution in [3.63, 3.8) is 0 Å². The second kappa shape index (κ2) is 4.80. The Bertz CT molecular complexity index is 483. The van der Waals surface area contributed by atoms with E-state index in [0.29, 0.717) is 10.8 Å². The summed E-state index contributed by atoms with van der Waals surface area (Å²) in [4.78, 5) is 0. The van der Waals surface area contributed by atoms with Gasteiger partial charge in [-0.25, -0.2) is 4.68 Å². The number of rotatable bonds is 3. The van der Waals surface area contributed by atoms with Gasteiger partial charge in [0, 0.05) is 5.02 Å². The van der Waals surface area contributed by atoms with Crippen molar-refractivity contribution in [2.45, 2.75) is 18.8 Å². The van der Waals surface area contributed by atoms with Crippen LogP contribution in [0.3, 0.4) is 0 Å². The fourth-order valence-corrected chi connectivity index (χ4v) is 1.88.